The van der Waals surface area contributed by atoms with Gasteiger partial charge in [-0.2, -0.15) is 0 Å². The third-order valence-corrected chi connectivity index (χ3v) is 2.23. The summed E-state index contributed by atoms with van der Waals surface area (Å²) in [6, 6.07) is 1.22. The minimum atomic E-state index is -0.663. The second kappa shape index (κ2) is 4.57. The molecule has 0 aliphatic carbocycles. The average molecular weight is 275 g/mol. The van der Waals surface area contributed by atoms with Crippen molar-refractivity contribution in [1.29, 1.82) is 0 Å². The van der Waals surface area contributed by atoms with Crippen molar-refractivity contribution >= 4 is 21.6 Å². The van der Waals surface area contributed by atoms with Crippen molar-refractivity contribution in [2.45, 2.75) is 20.4 Å². The third-order valence-electron chi connectivity index (χ3n) is 1.79. The summed E-state index contributed by atoms with van der Waals surface area (Å²) in [5, 5.41) is 10.6. The van der Waals surface area contributed by atoms with Gasteiger partial charge in [-0.25, -0.2) is 0 Å². The van der Waals surface area contributed by atoms with E-state index in [1.165, 1.54) is 10.6 Å². The Balaban J connectivity index is 3.29. The summed E-state index contributed by atoms with van der Waals surface area (Å²) in [5.41, 5.74) is -0.957. The number of halogens is 1. The van der Waals surface area contributed by atoms with Gasteiger partial charge in [0.15, 0.2) is 0 Å². The molecule has 82 valence electrons. The fourth-order valence-electron chi connectivity index (χ4n) is 1.24. The van der Waals surface area contributed by atoms with Crippen LogP contribution in [0, 0.1) is 16.0 Å². The molecule has 1 aromatic heterocycles. The van der Waals surface area contributed by atoms with Crippen LogP contribution in [0.3, 0.4) is 0 Å². The summed E-state index contributed by atoms with van der Waals surface area (Å²) in [4.78, 5) is 21.5. The molecular weight excluding hydrogens is 264 g/mol. The minimum absolute atomic E-state index is 0.261. The maximum absolute atomic E-state index is 11.6. The van der Waals surface area contributed by atoms with Gasteiger partial charge in [0.05, 0.1) is 4.92 Å². The summed E-state index contributed by atoms with van der Waals surface area (Å²) >= 11 is 3.14. The second-order valence-corrected chi connectivity index (χ2v) is 4.57. The van der Waals surface area contributed by atoms with Crippen molar-refractivity contribution in [2.24, 2.45) is 5.92 Å². The molecule has 0 radical (unpaired) electrons. The molecule has 0 spiro atoms. The van der Waals surface area contributed by atoms with E-state index in [1.54, 1.807) is 6.20 Å². The van der Waals surface area contributed by atoms with Gasteiger partial charge in [0.1, 0.15) is 0 Å². The standard InChI is InChI=1S/C9H11BrN2O3/c1-6(2)4-11-5-7(10)3-8(9(11)13)12(14)15/h3,5-6H,4H2,1-2H3. The molecule has 0 fully saturated rings. The summed E-state index contributed by atoms with van der Waals surface area (Å²) in [6.07, 6.45) is 1.56. The van der Waals surface area contributed by atoms with Crippen LogP contribution in [0.15, 0.2) is 21.5 Å². The third kappa shape index (κ3) is 2.89. The molecule has 0 aliphatic heterocycles. The molecule has 0 saturated carbocycles. The SMILES string of the molecule is CC(C)Cn1cc(Br)cc([N+](=O)[O-])c1=O. The van der Waals surface area contributed by atoms with Crippen molar-refractivity contribution < 1.29 is 4.92 Å². The summed E-state index contributed by atoms with van der Waals surface area (Å²) in [6.45, 7) is 4.36. The highest BCUT2D eigenvalue weighted by molar-refractivity contribution is 9.10. The fourth-order valence-corrected chi connectivity index (χ4v) is 1.71. The van der Waals surface area contributed by atoms with Gasteiger partial charge in [-0.3, -0.25) is 14.9 Å². The van der Waals surface area contributed by atoms with Crippen LogP contribution in [-0.4, -0.2) is 9.49 Å². The van der Waals surface area contributed by atoms with Crippen molar-refractivity contribution in [3.63, 3.8) is 0 Å². The highest BCUT2D eigenvalue weighted by atomic mass is 79.9. The molecule has 6 heteroatoms. The molecular formula is C9H11BrN2O3. The lowest BCUT2D eigenvalue weighted by atomic mass is 10.2. The Kier molecular flexibility index (Phi) is 3.62. The second-order valence-electron chi connectivity index (χ2n) is 3.65. The molecule has 0 saturated heterocycles. The van der Waals surface area contributed by atoms with E-state index >= 15 is 0 Å². The van der Waals surface area contributed by atoms with Crippen molar-refractivity contribution in [2.75, 3.05) is 0 Å². The van der Waals surface area contributed by atoms with Crippen molar-refractivity contribution in [3.05, 3.63) is 37.2 Å². The molecule has 1 rings (SSSR count). The Bertz CT molecular complexity index is 439. The minimum Gasteiger partial charge on any atom is -0.308 e. The van der Waals surface area contributed by atoms with E-state index in [2.05, 4.69) is 15.9 Å². The monoisotopic (exact) mass is 274 g/mol. The molecule has 5 nitrogen and oxygen atoms in total. The Labute approximate surface area is 95.0 Å². The number of nitrogens with zero attached hydrogens (tertiary/aromatic N) is 2. The zero-order valence-corrected chi connectivity index (χ0v) is 10.0. The Hall–Kier alpha value is -1.17. The van der Waals surface area contributed by atoms with E-state index in [9.17, 15) is 14.9 Å². The first kappa shape index (κ1) is 11.9. The van der Waals surface area contributed by atoms with Crippen LogP contribution in [0.25, 0.3) is 0 Å². The lowest BCUT2D eigenvalue weighted by molar-refractivity contribution is -0.386. The van der Waals surface area contributed by atoms with Gasteiger partial charge < -0.3 is 4.57 Å². The molecule has 1 aromatic rings. The van der Waals surface area contributed by atoms with Gasteiger partial charge >= 0.3 is 11.2 Å². The summed E-state index contributed by atoms with van der Waals surface area (Å²) in [7, 11) is 0. The smallest absolute Gasteiger partial charge is 0.308 e. The number of aromatic nitrogens is 1. The van der Waals surface area contributed by atoms with Gasteiger partial charge in [0.25, 0.3) is 0 Å². The molecule has 1 heterocycles. The van der Waals surface area contributed by atoms with Gasteiger partial charge in [-0.15, -0.1) is 0 Å². The first-order valence-electron chi connectivity index (χ1n) is 4.46. The summed E-state index contributed by atoms with van der Waals surface area (Å²) < 4.78 is 1.89. The Morgan fingerprint density at radius 1 is 1.60 bits per heavy atom. The number of hydrogen-bond acceptors (Lipinski definition) is 3. The normalized spacial score (nSPS) is 10.7. The van der Waals surface area contributed by atoms with E-state index in [0.29, 0.717) is 11.0 Å². The summed E-state index contributed by atoms with van der Waals surface area (Å²) in [5.74, 6) is 0.261. The molecule has 0 unspecified atom stereocenters. The van der Waals surface area contributed by atoms with E-state index in [-0.39, 0.29) is 5.92 Å². The highest BCUT2D eigenvalue weighted by Crippen LogP contribution is 2.14. The lowest BCUT2D eigenvalue weighted by Gasteiger charge is -2.08. The van der Waals surface area contributed by atoms with Crippen LogP contribution in [0.5, 0.6) is 0 Å². The van der Waals surface area contributed by atoms with E-state index in [1.807, 2.05) is 13.8 Å². The molecule has 0 aromatic carbocycles. The maximum Gasteiger partial charge on any atom is 0.335 e. The molecule has 0 atom stereocenters. The molecule has 0 N–H and O–H groups in total. The largest absolute Gasteiger partial charge is 0.335 e. The number of hydrogen-bond donors (Lipinski definition) is 0. The van der Waals surface area contributed by atoms with Crippen LogP contribution in [0.4, 0.5) is 5.69 Å². The first-order valence-corrected chi connectivity index (χ1v) is 5.25. The molecule has 0 amide bonds. The van der Waals surface area contributed by atoms with Crippen LogP contribution >= 0.6 is 15.9 Å². The van der Waals surface area contributed by atoms with E-state index in [0.717, 1.165) is 0 Å². The Morgan fingerprint density at radius 3 is 2.67 bits per heavy atom. The predicted octanol–water partition coefficient (Wildman–Crippen LogP) is 2.17. The maximum atomic E-state index is 11.6. The lowest BCUT2D eigenvalue weighted by Crippen LogP contribution is -2.24. The average Bonchev–Trinajstić information content (AvgIpc) is 2.09. The van der Waals surface area contributed by atoms with Crippen LogP contribution < -0.4 is 5.56 Å². The quantitative estimate of drug-likeness (QED) is 0.627. The predicted molar refractivity (Wildman–Crippen MR) is 59.9 cm³/mol. The van der Waals surface area contributed by atoms with Gasteiger partial charge in [0.2, 0.25) is 0 Å². The van der Waals surface area contributed by atoms with Crippen LogP contribution in [0.2, 0.25) is 0 Å². The fraction of sp³-hybridized carbons (Fsp3) is 0.444. The van der Waals surface area contributed by atoms with Crippen molar-refractivity contribution in [3.8, 4) is 0 Å². The van der Waals surface area contributed by atoms with Gasteiger partial charge in [-0.1, -0.05) is 13.8 Å². The van der Waals surface area contributed by atoms with E-state index < -0.39 is 16.2 Å². The molecule has 0 aliphatic rings. The first-order chi connectivity index (χ1) is 6.91. The van der Waals surface area contributed by atoms with Gasteiger partial charge in [0, 0.05) is 23.3 Å². The van der Waals surface area contributed by atoms with Gasteiger partial charge in [-0.05, 0) is 21.8 Å². The van der Waals surface area contributed by atoms with E-state index in [4.69, 9.17) is 0 Å². The zero-order valence-electron chi connectivity index (χ0n) is 8.44. The number of nitro groups is 1. The topological polar surface area (TPSA) is 65.1 Å². The van der Waals surface area contributed by atoms with Crippen LogP contribution in [-0.2, 0) is 6.54 Å². The molecule has 15 heavy (non-hydrogen) atoms. The number of rotatable bonds is 3. The van der Waals surface area contributed by atoms with Crippen LogP contribution in [0.1, 0.15) is 13.8 Å². The number of pyridine rings is 1. The highest BCUT2D eigenvalue weighted by Gasteiger charge is 2.15. The Morgan fingerprint density at radius 2 is 2.20 bits per heavy atom. The van der Waals surface area contributed by atoms with Crippen molar-refractivity contribution in [1.82, 2.24) is 4.57 Å². The zero-order chi connectivity index (χ0) is 11.6. The molecule has 0 bridgehead atoms.